The molecule has 2 heteroatoms. The summed E-state index contributed by atoms with van der Waals surface area (Å²) in [5.74, 6) is -0.140. The number of allylic oxidation sites excluding steroid dienone is 1. The van der Waals surface area contributed by atoms with E-state index >= 15 is 0 Å². The van der Waals surface area contributed by atoms with Gasteiger partial charge in [-0.1, -0.05) is 40.7 Å². The molecule has 1 aliphatic rings. The van der Waals surface area contributed by atoms with Gasteiger partial charge in [0.2, 0.25) is 0 Å². The summed E-state index contributed by atoms with van der Waals surface area (Å²) < 4.78 is 5.14. The number of carbonyl (C=O) groups excluding carboxylic acids is 1. The van der Waals surface area contributed by atoms with Crippen molar-refractivity contribution in [3.8, 4) is 0 Å². The van der Waals surface area contributed by atoms with Crippen LogP contribution >= 0.6 is 0 Å². The van der Waals surface area contributed by atoms with Crippen molar-refractivity contribution < 1.29 is 9.53 Å². The van der Waals surface area contributed by atoms with Crippen molar-refractivity contribution in [2.24, 2.45) is 10.8 Å². The van der Waals surface area contributed by atoms with E-state index in [1.165, 1.54) is 0 Å². The quantitative estimate of drug-likeness (QED) is 0.440. The summed E-state index contributed by atoms with van der Waals surface area (Å²) in [6, 6.07) is 0. The Morgan fingerprint density at radius 3 is 2.43 bits per heavy atom. The first kappa shape index (κ1) is 11.3. The lowest BCUT2D eigenvalue weighted by molar-refractivity contribution is -0.146. The molecule has 0 aliphatic carbocycles. The average Bonchev–Trinajstić information content (AvgIpc) is 1.93. The Balaban J connectivity index is 2.87. The van der Waals surface area contributed by atoms with Gasteiger partial charge in [0.1, 0.15) is 0 Å². The molecule has 0 bridgehead atoms. The monoisotopic (exact) mass is 196 g/mol. The van der Waals surface area contributed by atoms with Crippen LogP contribution < -0.4 is 0 Å². The maximum atomic E-state index is 11.5. The SMILES string of the molecule is CC(C)(C)/C=C1/CC(C)(C)COC1=O. The van der Waals surface area contributed by atoms with Crippen LogP contribution in [0.15, 0.2) is 11.6 Å². The number of cyclic esters (lactones) is 1. The third-order valence-corrected chi connectivity index (χ3v) is 2.13. The predicted octanol–water partition coefficient (Wildman–Crippen LogP) is 2.93. The molecule has 0 aromatic heterocycles. The van der Waals surface area contributed by atoms with Crippen molar-refractivity contribution in [1.82, 2.24) is 0 Å². The van der Waals surface area contributed by atoms with Crippen LogP contribution in [-0.4, -0.2) is 12.6 Å². The molecular weight excluding hydrogens is 176 g/mol. The van der Waals surface area contributed by atoms with E-state index < -0.39 is 0 Å². The first-order valence-corrected chi connectivity index (χ1v) is 5.08. The van der Waals surface area contributed by atoms with Gasteiger partial charge in [0.15, 0.2) is 0 Å². The number of esters is 1. The minimum Gasteiger partial charge on any atom is -0.462 e. The van der Waals surface area contributed by atoms with Gasteiger partial charge in [-0.2, -0.15) is 0 Å². The Hall–Kier alpha value is -0.790. The van der Waals surface area contributed by atoms with E-state index in [1.54, 1.807) is 0 Å². The van der Waals surface area contributed by atoms with E-state index in [-0.39, 0.29) is 16.8 Å². The van der Waals surface area contributed by atoms with Crippen molar-refractivity contribution in [1.29, 1.82) is 0 Å². The molecule has 80 valence electrons. The minimum atomic E-state index is -0.140. The maximum Gasteiger partial charge on any atom is 0.333 e. The Morgan fingerprint density at radius 2 is 1.93 bits per heavy atom. The van der Waals surface area contributed by atoms with Crippen LogP contribution in [0.2, 0.25) is 0 Å². The van der Waals surface area contributed by atoms with Crippen LogP contribution in [0.1, 0.15) is 41.0 Å². The summed E-state index contributed by atoms with van der Waals surface area (Å²) in [5, 5.41) is 0. The lowest BCUT2D eigenvalue weighted by atomic mass is 9.82. The van der Waals surface area contributed by atoms with Gasteiger partial charge in [-0.3, -0.25) is 0 Å². The molecule has 1 fully saturated rings. The van der Waals surface area contributed by atoms with E-state index in [0.29, 0.717) is 6.61 Å². The second kappa shape index (κ2) is 3.41. The summed E-state index contributed by atoms with van der Waals surface area (Å²) in [7, 11) is 0. The highest BCUT2D eigenvalue weighted by Gasteiger charge is 2.31. The zero-order valence-electron chi connectivity index (χ0n) is 9.81. The molecule has 1 heterocycles. The highest BCUT2D eigenvalue weighted by molar-refractivity contribution is 5.89. The smallest absolute Gasteiger partial charge is 0.333 e. The van der Waals surface area contributed by atoms with E-state index in [1.807, 2.05) is 6.08 Å². The van der Waals surface area contributed by atoms with Crippen molar-refractivity contribution in [3.05, 3.63) is 11.6 Å². The summed E-state index contributed by atoms with van der Waals surface area (Å²) in [4.78, 5) is 11.5. The molecule has 1 aliphatic heterocycles. The second-order valence-corrected chi connectivity index (χ2v) is 5.95. The van der Waals surface area contributed by atoms with Crippen LogP contribution in [-0.2, 0) is 9.53 Å². The average molecular weight is 196 g/mol. The summed E-state index contributed by atoms with van der Waals surface area (Å²) in [5.41, 5.74) is 0.959. The van der Waals surface area contributed by atoms with Crippen LogP contribution in [0.25, 0.3) is 0 Å². The standard InChI is InChI=1S/C12H20O2/c1-11(2,3)6-9-7-12(4,5)8-14-10(9)13/h6H,7-8H2,1-5H3/b9-6-. The topological polar surface area (TPSA) is 26.3 Å². The molecule has 0 atom stereocenters. The summed E-state index contributed by atoms with van der Waals surface area (Å²) in [6.07, 6.45) is 2.85. The van der Waals surface area contributed by atoms with E-state index in [0.717, 1.165) is 12.0 Å². The van der Waals surface area contributed by atoms with Gasteiger partial charge in [0.25, 0.3) is 0 Å². The fourth-order valence-electron chi connectivity index (χ4n) is 1.63. The van der Waals surface area contributed by atoms with Crippen LogP contribution in [0, 0.1) is 10.8 Å². The van der Waals surface area contributed by atoms with E-state index in [9.17, 15) is 4.79 Å². The van der Waals surface area contributed by atoms with Gasteiger partial charge in [-0.25, -0.2) is 4.79 Å². The number of hydrogen-bond acceptors (Lipinski definition) is 2. The molecule has 0 radical (unpaired) electrons. The fraction of sp³-hybridized carbons (Fsp3) is 0.750. The first-order chi connectivity index (χ1) is 6.20. The number of ether oxygens (including phenoxy) is 1. The molecule has 0 aromatic carbocycles. The molecular formula is C12H20O2. The van der Waals surface area contributed by atoms with Crippen molar-refractivity contribution >= 4 is 5.97 Å². The molecule has 0 saturated carbocycles. The summed E-state index contributed by atoms with van der Waals surface area (Å²) in [6.45, 7) is 11.1. The molecule has 0 N–H and O–H groups in total. The molecule has 0 aromatic rings. The lowest BCUT2D eigenvalue weighted by Crippen LogP contribution is -2.31. The molecule has 0 amide bonds. The van der Waals surface area contributed by atoms with Gasteiger partial charge >= 0.3 is 5.97 Å². The molecule has 14 heavy (non-hydrogen) atoms. The molecule has 1 rings (SSSR count). The van der Waals surface area contributed by atoms with Crippen LogP contribution in [0.4, 0.5) is 0 Å². The van der Waals surface area contributed by atoms with Crippen molar-refractivity contribution in [2.45, 2.75) is 41.0 Å². The van der Waals surface area contributed by atoms with Crippen LogP contribution in [0.3, 0.4) is 0 Å². The Bertz CT molecular complexity index is 267. The van der Waals surface area contributed by atoms with Crippen molar-refractivity contribution in [2.75, 3.05) is 6.61 Å². The molecule has 1 saturated heterocycles. The van der Waals surface area contributed by atoms with E-state index in [4.69, 9.17) is 4.74 Å². The van der Waals surface area contributed by atoms with E-state index in [2.05, 4.69) is 34.6 Å². The van der Waals surface area contributed by atoms with Crippen molar-refractivity contribution in [3.63, 3.8) is 0 Å². The largest absolute Gasteiger partial charge is 0.462 e. The Kier molecular flexibility index (Phi) is 2.75. The number of rotatable bonds is 0. The molecule has 2 nitrogen and oxygen atoms in total. The maximum absolute atomic E-state index is 11.5. The van der Waals surface area contributed by atoms with Gasteiger partial charge in [-0.05, 0) is 11.8 Å². The Labute approximate surface area is 86.3 Å². The Morgan fingerprint density at radius 1 is 1.36 bits per heavy atom. The molecule has 0 spiro atoms. The highest BCUT2D eigenvalue weighted by Crippen LogP contribution is 2.33. The van der Waals surface area contributed by atoms with Gasteiger partial charge < -0.3 is 4.74 Å². The fourth-order valence-corrected chi connectivity index (χ4v) is 1.63. The van der Waals surface area contributed by atoms with Gasteiger partial charge in [0.05, 0.1) is 6.61 Å². The van der Waals surface area contributed by atoms with Gasteiger partial charge in [-0.15, -0.1) is 0 Å². The summed E-state index contributed by atoms with van der Waals surface area (Å²) >= 11 is 0. The third kappa shape index (κ3) is 3.17. The minimum absolute atomic E-state index is 0.0434. The lowest BCUT2D eigenvalue weighted by Gasteiger charge is -2.31. The third-order valence-electron chi connectivity index (χ3n) is 2.13. The second-order valence-electron chi connectivity index (χ2n) is 5.95. The number of carbonyl (C=O) groups is 1. The zero-order valence-corrected chi connectivity index (χ0v) is 9.81. The molecule has 0 unspecified atom stereocenters. The normalized spacial score (nSPS) is 24.9. The highest BCUT2D eigenvalue weighted by atomic mass is 16.5. The first-order valence-electron chi connectivity index (χ1n) is 5.08. The predicted molar refractivity (Wildman–Crippen MR) is 56.9 cm³/mol. The van der Waals surface area contributed by atoms with Crippen LogP contribution in [0.5, 0.6) is 0 Å². The van der Waals surface area contributed by atoms with Gasteiger partial charge in [0, 0.05) is 11.0 Å². The number of hydrogen-bond donors (Lipinski definition) is 0. The zero-order chi connectivity index (χ0) is 11.0.